The van der Waals surface area contributed by atoms with Crippen molar-refractivity contribution in [2.24, 2.45) is 11.1 Å². The first kappa shape index (κ1) is 15.0. The molecule has 1 amide bonds. The standard InChI is InChI=1S/C13H22N2O2S/c1-9-6-10(17-5)11(18-9)12(16)15(4)8-13(2,3)7-14/h6H,7-8,14H2,1-5H3. The van der Waals surface area contributed by atoms with E-state index < -0.39 is 0 Å². The second-order valence-electron chi connectivity index (χ2n) is 5.28. The summed E-state index contributed by atoms with van der Waals surface area (Å²) in [5.41, 5.74) is 5.61. The summed E-state index contributed by atoms with van der Waals surface area (Å²) in [4.78, 5) is 15.8. The number of nitrogens with zero attached hydrogens (tertiary/aromatic N) is 1. The molecule has 5 heteroatoms. The number of ether oxygens (including phenoxy) is 1. The van der Waals surface area contributed by atoms with Crippen LogP contribution in [-0.2, 0) is 0 Å². The molecule has 4 nitrogen and oxygen atoms in total. The third kappa shape index (κ3) is 3.46. The fourth-order valence-electron chi connectivity index (χ4n) is 1.74. The van der Waals surface area contributed by atoms with Gasteiger partial charge in [-0.15, -0.1) is 11.3 Å². The Morgan fingerprint density at radius 1 is 1.56 bits per heavy atom. The van der Waals surface area contributed by atoms with Crippen LogP contribution in [0.1, 0.15) is 28.4 Å². The molecule has 0 fully saturated rings. The first-order valence-corrected chi connectivity index (χ1v) is 6.72. The highest BCUT2D eigenvalue weighted by Crippen LogP contribution is 2.30. The van der Waals surface area contributed by atoms with Crippen LogP contribution in [0.15, 0.2) is 6.07 Å². The van der Waals surface area contributed by atoms with Gasteiger partial charge in [0.25, 0.3) is 5.91 Å². The molecule has 1 aromatic rings. The van der Waals surface area contributed by atoms with Crippen LogP contribution in [0, 0.1) is 12.3 Å². The molecule has 0 bridgehead atoms. The van der Waals surface area contributed by atoms with E-state index in [4.69, 9.17) is 10.5 Å². The van der Waals surface area contributed by atoms with Crippen molar-refractivity contribution in [2.75, 3.05) is 27.2 Å². The van der Waals surface area contributed by atoms with E-state index in [-0.39, 0.29) is 11.3 Å². The van der Waals surface area contributed by atoms with Crippen molar-refractivity contribution in [3.05, 3.63) is 15.8 Å². The molecule has 0 atom stereocenters. The third-order valence-electron chi connectivity index (χ3n) is 2.80. The minimum atomic E-state index is -0.0794. The number of thiophene rings is 1. The lowest BCUT2D eigenvalue weighted by Crippen LogP contribution is -2.39. The number of carbonyl (C=O) groups is 1. The highest BCUT2D eigenvalue weighted by Gasteiger charge is 2.25. The topological polar surface area (TPSA) is 55.6 Å². The van der Waals surface area contributed by atoms with E-state index in [1.807, 2.05) is 26.8 Å². The molecule has 18 heavy (non-hydrogen) atoms. The van der Waals surface area contributed by atoms with Gasteiger partial charge in [0.05, 0.1) is 7.11 Å². The molecule has 1 aromatic heterocycles. The number of nitrogens with two attached hydrogens (primary N) is 1. The fourth-order valence-corrected chi connectivity index (χ4v) is 2.72. The quantitative estimate of drug-likeness (QED) is 0.891. The Balaban J connectivity index is 2.86. The van der Waals surface area contributed by atoms with Crippen molar-refractivity contribution in [3.8, 4) is 5.75 Å². The lowest BCUT2D eigenvalue weighted by Gasteiger charge is -2.28. The maximum atomic E-state index is 12.3. The lowest BCUT2D eigenvalue weighted by molar-refractivity contribution is 0.0742. The van der Waals surface area contributed by atoms with Crippen molar-refractivity contribution in [1.29, 1.82) is 0 Å². The molecule has 0 radical (unpaired) electrons. The van der Waals surface area contributed by atoms with Gasteiger partial charge in [0, 0.05) is 18.5 Å². The van der Waals surface area contributed by atoms with Gasteiger partial charge in [-0.3, -0.25) is 4.79 Å². The SMILES string of the molecule is COc1cc(C)sc1C(=O)N(C)CC(C)(C)CN. The minimum absolute atomic E-state index is 0.00789. The fraction of sp³-hybridized carbons (Fsp3) is 0.615. The van der Waals surface area contributed by atoms with Gasteiger partial charge in [-0.05, 0) is 24.9 Å². The van der Waals surface area contributed by atoms with E-state index in [0.717, 1.165) is 4.88 Å². The van der Waals surface area contributed by atoms with Gasteiger partial charge < -0.3 is 15.4 Å². The van der Waals surface area contributed by atoms with Crippen molar-refractivity contribution >= 4 is 17.2 Å². The van der Waals surface area contributed by atoms with Gasteiger partial charge in [-0.25, -0.2) is 0 Å². The first-order chi connectivity index (χ1) is 8.30. The predicted molar refractivity (Wildman–Crippen MR) is 75.4 cm³/mol. The number of hydrogen-bond donors (Lipinski definition) is 1. The molecule has 0 unspecified atom stereocenters. The lowest BCUT2D eigenvalue weighted by atomic mass is 9.93. The molecule has 1 rings (SSSR count). The Morgan fingerprint density at radius 3 is 2.67 bits per heavy atom. The predicted octanol–water partition coefficient (Wildman–Crippen LogP) is 2.12. The molecule has 0 saturated carbocycles. The summed E-state index contributed by atoms with van der Waals surface area (Å²) in [6, 6.07) is 1.89. The smallest absolute Gasteiger partial charge is 0.267 e. The zero-order valence-corrected chi connectivity index (χ0v) is 12.6. The highest BCUT2D eigenvalue weighted by atomic mass is 32.1. The molecular formula is C13H22N2O2S. The number of amides is 1. The van der Waals surface area contributed by atoms with E-state index in [2.05, 4.69) is 0 Å². The van der Waals surface area contributed by atoms with E-state index in [1.165, 1.54) is 11.3 Å². The van der Waals surface area contributed by atoms with Crippen LogP contribution in [0.2, 0.25) is 0 Å². The molecule has 2 N–H and O–H groups in total. The summed E-state index contributed by atoms with van der Waals surface area (Å²) in [5, 5.41) is 0. The van der Waals surface area contributed by atoms with Crippen LogP contribution in [0.25, 0.3) is 0 Å². The molecule has 0 aliphatic carbocycles. The second-order valence-corrected chi connectivity index (χ2v) is 6.54. The maximum absolute atomic E-state index is 12.3. The Morgan fingerprint density at radius 2 is 2.17 bits per heavy atom. The van der Waals surface area contributed by atoms with Crippen LogP contribution >= 0.6 is 11.3 Å². The second kappa shape index (κ2) is 5.71. The molecule has 0 spiro atoms. The number of methoxy groups -OCH3 is 1. The average Bonchev–Trinajstić information content (AvgIpc) is 2.68. The Kier molecular flexibility index (Phi) is 4.76. The molecule has 0 aliphatic heterocycles. The molecule has 0 aromatic carbocycles. The zero-order chi connectivity index (χ0) is 13.9. The minimum Gasteiger partial charge on any atom is -0.495 e. The number of carbonyl (C=O) groups excluding carboxylic acids is 1. The first-order valence-electron chi connectivity index (χ1n) is 5.90. The number of aryl methyl sites for hydroxylation is 1. The van der Waals surface area contributed by atoms with E-state index >= 15 is 0 Å². The summed E-state index contributed by atoms with van der Waals surface area (Å²) in [5.74, 6) is 0.645. The summed E-state index contributed by atoms with van der Waals surface area (Å²) in [6.45, 7) is 7.24. The van der Waals surface area contributed by atoms with Crippen LogP contribution in [0.3, 0.4) is 0 Å². The normalized spacial score (nSPS) is 11.4. The number of hydrogen-bond acceptors (Lipinski definition) is 4. The Labute approximate surface area is 113 Å². The zero-order valence-electron chi connectivity index (χ0n) is 11.7. The summed E-state index contributed by atoms with van der Waals surface area (Å²) in [7, 11) is 3.39. The van der Waals surface area contributed by atoms with E-state index in [1.54, 1.807) is 19.1 Å². The van der Waals surface area contributed by atoms with Crippen LogP contribution in [-0.4, -0.2) is 38.1 Å². The average molecular weight is 270 g/mol. The maximum Gasteiger partial charge on any atom is 0.267 e. The largest absolute Gasteiger partial charge is 0.495 e. The highest BCUT2D eigenvalue weighted by molar-refractivity contribution is 7.14. The summed E-state index contributed by atoms with van der Waals surface area (Å²) >= 11 is 1.46. The van der Waals surface area contributed by atoms with Gasteiger partial charge in [0.2, 0.25) is 0 Å². The van der Waals surface area contributed by atoms with Gasteiger partial charge in [-0.1, -0.05) is 13.8 Å². The Bertz CT molecular complexity index is 427. The van der Waals surface area contributed by atoms with Gasteiger partial charge in [0.1, 0.15) is 10.6 Å². The van der Waals surface area contributed by atoms with Crippen molar-refractivity contribution < 1.29 is 9.53 Å². The molecule has 1 heterocycles. The van der Waals surface area contributed by atoms with Gasteiger partial charge >= 0.3 is 0 Å². The molecule has 0 saturated heterocycles. The van der Waals surface area contributed by atoms with Crippen molar-refractivity contribution in [1.82, 2.24) is 4.90 Å². The van der Waals surface area contributed by atoms with Crippen LogP contribution in [0.5, 0.6) is 5.75 Å². The van der Waals surface area contributed by atoms with Crippen molar-refractivity contribution in [2.45, 2.75) is 20.8 Å². The van der Waals surface area contributed by atoms with Crippen molar-refractivity contribution in [3.63, 3.8) is 0 Å². The van der Waals surface area contributed by atoms with Crippen LogP contribution < -0.4 is 10.5 Å². The third-order valence-corrected chi connectivity index (χ3v) is 3.82. The molecule has 0 aliphatic rings. The summed E-state index contributed by atoms with van der Waals surface area (Å²) in [6.07, 6.45) is 0. The van der Waals surface area contributed by atoms with Crippen LogP contribution in [0.4, 0.5) is 0 Å². The Hall–Kier alpha value is -1.07. The van der Waals surface area contributed by atoms with Gasteiger partial charge in [0.15, 0.2) is 0 Å². The molecule has 102 valence electrons. The van der Waals surface area contributed by atoms with E-state index in [9.17, 15) is 4.79 Å². The monoisotopic (exact) mass is 270 g/mol. The molecular weight excluding hydrogens is 248 g/mol. The summed E-state index contributed by atoms with van der Waals surface area (Å²) < 4.78 is 5.23. The van der Waals surface area contributed by atoms with E-state index in [0.29, 0.717) is 23.7 Å². The number of rotatable bonds is 5. The van der Waals surface area contributed by atoms with Gasteiger partial charge in [-0.2, -0.15) is 0 Å².